The van der Waals surface area contributed by atoms with Crippen LogP contribution in [0.2, 0.25) is 0 Å². The fraction of sp³-hybridized carbons (Fsp3) is 0.455. The highest BCUT2D eigenvalue weighted by Crippen LogP contribution is 2.25. The predicted molar refractivity (Wildman–Crippen MR) is 75.8 cm³/mol. The summed E-state index contributed by atoms with van der Waals surface area (Å²) in [5.41, 5.74) is 5.90. The molecule has 0 spiro atoms. The minimum atomic E-state index is -1.15. The average molecular weight is 335 g/mol. The summed E-state index contributed by atoms with van der Waals surface area (Å²) >= 11 is 3.19. The second kappa shape index (κ2) is 6.96. The van der Waals surface area contributed by atoms with E-state index in [2.05, 4.69) is 15.9 Å². The molecular formula is C11H15BrN2O3S. The molecule has 0 bridgehead atoms. The van der Waals surface area contributed by atoms with Gasteiger partial charge in [0.25, 0.3) is 5.69 Å². The van der Waals surface area contributed by atoms with Crippen LogP contribution in [-0.4, -0.2) is 20.9 Å². The summed E-state index contributed by atoms with van der Waals surface area (Å²) in [4.78, 5) is 10.5. The molecule has 0 saturated heterocycles. The van der Waals surface area contributed by atoms with Crippen LogP contribution in [0.5, 0.6) is 0 Å². The third-order valence-corrected chi connectivity index (χ3v) is 4.79. The van der Waals surface area contributed by atoms with Gasteiger partial charge in [0.1, 0.15) is 0 Å². The minimum absolute atomic E-state index is 0.00215. The lowest BCUT2D eigenvalue weighted by atomic mass is 10.2. The topological polar surface area (TPSA) is 86.2 Å². The van der Waals surface area contributed by atoms with Gasteiger partial charge in [-0.25, -0.2) is 0 Å². The van der Waals surface area contributed by atoms with Crippen LogP contribution in [0.15, 0.2) is 22.7 Å². The second-order valence-electron chi connectivity index (χ2n) is 3.94. The van der Waals surface area contributed by atoms with E-state index in [0.717, 1.165) is 0 Å². The van der Waals surface area contributed by atoms with Crippen LogP contribution in [0.3, 0.4) is 0 Å². The lowest BCUT2D eigenvalue weighted by Gasteiger charge is -2.10. The van der Waals surface area contributed by atoms with E-state index in [4.69, 9.17) is 5.73 Å². The van der Waals surface area contributed by atoms with Gasteiger partial charge >= 0.3 is 0 Å². The molecule has 18 heavy (non-hydrogen) atoms. The number of benzene rings is 1. The van der Waals surface area contributed by atoms with Crippen molar-refractivity contribution in [1.29, 1.82) is 0 Å². The number of hydrogen-bond donors (Lipinski definition) is 1. The van der Waals surface area contributed by atoms with Gasteiger partial charge in [0, 0.05) is 32.2 Å². The van der Waals surface area contributed by atoms with Gasteiger partial charge in [-0.3, -0.25) is 14.3 Å². The third-order valence-electron chi connectivity index (χ3n) is 2.56. The van der Waals surface area contributed by atoms with Crippen molar-refractivity contribution in [2.24, 2.45) is 5.73 Å². The molecule has 1 rings (SSSR count). The van der Waals surface area contributed by atoms with Gasteiger partial charge < -0.3 is 5.73 Å². The number of halogens is 1. The van der Waals surface area contributed by atoms with Crippen LogP contribution in [0, 0.1) is 10.1 Å². The van der Waals surface area contributed by atoms with E-state index < -0.39 is 15.7 Å². The van der Waals surface area contributed by atoms with Gasteiger partial charge in [0.15, 0.2) is 0 Å². The average Bonchev–Trinajstić information content (AvgIpc) is 2.31. The summed E-state index contributed by atoms with van der Waals surface area (Å²) in [5.74, 6) is 0.185. The van der Waals surface area contributed by atoms with Crippen molar-refractivity contribution in [1.82, 2.24) is 0 Å². The maximum Gasteiger partial charge on any atom is 0.274 e. The highest BCUT2D eigenvalue weighted by molar-refractivity contribution is 9.10. The Balaban J connectivity index is 2.90. The highest BCUT2D eigenvalue weighted by Gasteiger charge is 2.18. The first-order chi connectivity index (χ1) is 8.45. The molecule has 5 nitrogen and oxygen atoms in total. The lowest BCUT2D eigenvalue weighted by molar-refractivity contribution is -0.385. The maximum atomic E-state index is 12.0. The van der Waals surface area contributed by atoms with E-state index in [0.29, 0.717) is 23.0 Å². The van der Waals surface area contributed by atoms with Gasteiger partial charge in [0.05, 0.1) is 10.7 Å². The minimum Gasteiger partial charge on any atom is -0.330 e. The Morgan fingerprint density at radius 2 is 2.22 bits per heavy atom. The van der Waals surface area contributed by atoms with E-state index in [1.165, 1.54) is 6.07 Å². The first kappa shape index (κ1) is 15.3. The fourth-order valence-electron chi connectivity index (χ4n) is 1.49. The van der Waals surface area contributed by atoms with Crippen LogP contribution >= 0.6 is 15.9 Å². The first-order valence-electron chi connectivity index (χ1n) is 5.45. The second-order valence-corrected chi connectivity index (χ2v) is 6.71. The molecule has 0 aliphatic carbocycles. The quantitative estimate of drug-likeness (QED) is 0.639. The van der Waals surface area contributed by atoms with Gasteiger partial charge in [-0.15, -0.1) is 0 Å². The molecule has 0 heterocycles. The van der Waals surface area contributed by atoms with Gasteiger partial charge in [-0.2, -0.15) is 0 Å². The van der Waals surface area contributed by atoms with Crippen molar-refractivity contribution in [3.05, 3.63) is 38.3 Å². The molecule has 0 aliphatic heterocycles. The lowest BCUT2D eigenvalue weighted by Crippen LogP contribution is -2.17. The number of nitrogens with two attached hydrogens (primary N) is 1. The molecule has 2 N–H and O–H groups in total. The fourth-order valence-corrected chi connectivity index (χ4v) is 3.07. The molecule has 7 heteroatoms. The monoisotopic (exact) mass is 334 g/mol. The van der Waals surface area contributed by atoms with Crippen LogP contribution in [0.25, 0.3) is 0 Å². The number of nitro benzene ring substituents is 1. The smallest absolute Gasteiger partial charge is 0.274 e. The molecule has 100 valence electrons. The third kappa shape index (κ3) is 4.15. The summed E-state index contributed by atoms with van der Waals surface area (Å²) in [6.07, 6.45) is 0.650. The predicted octanol–water partition coefficient (Wildman–Crippen LogP) is 2.34. The molecule has 0 saturated carbocycles. The van der Waals surface area contributed by atoms with Crippen LogP contribution in [0.4, 0.5) is 5.69 Å². The van der Waals surface area contributed by atoms with Crippen molar-refractivity contribution in [3.8, 4) is 0 Å². The number of nitro groups is 1. The Morgan fingerprint density at radius 3 is 2.78 bits per heavy atom. The van der Waals surface area contributed by atoms with Crippen LogP contribution in [-0.2, 0) is 16.6 Å². The summed E-state index contributed by atoms with van der Waals surface area (Å²) in [6.45, 7) is 2.31. The van der Waals surface area contributed by atoms with Gasteiger partial charge in [0.2, 0.25) is 0 Å². The molecule has 0 aromatic heterocycles. The molecule has 0 fully saturated rings. The molecule has 0 aliphatic rings. The van der Waals surface area contributed by atoms with E-state index >= 15 is 0 Å². The SMILES string of the molecule is CC(CCN)S(=O)Cc1ccc(Br)cc1[N+](=O)[O-]. The largest absolute Gasteiger partial charge is 0.330 e. The molecule has 2 unspecified atom stereocenters. The molecule has 0 amide bonds. The maximum absolute atomic E-state index is 12.0. The molecule has 1 aromatic carbocycles. The molecule has 2 atom stereocenters. The summed E-state index contributed by atoms with van der Waals surface area (Å²) in [6, 6.07) is 4.78. The van der Waals surface area contributed by atoms with Gasteiger partial charge in [-0.05, 0) is 19.0 Å². The van der Waals surface area contributed by atoms with Crippen molar-refractivity contribution in [2.45, 2.75) is 24.3 Å². The molecular weight excluding hydrogens is 320 g/mol. The zero-order chi connectivity index (χ0) is 13.7. The Labute approximate surface area is 116 Å². The van der Waals surface area contributed by atoms with Crippen molar-refractivity contribution < 1.29 is 9.13 Å². The Morgan fingerprint density at radius 1 is 1.56 bits per heavy atom. The number of hydrogen-bond acceptors (Lipinski definition) is 4. The Hall–Kier alpha value is -0.790. The van der Waals surface area contributed by atoms with Crippen molar-refractivity contribution >= 4 is 32.4 Å². The molecule has 1 aromatic rings. The Bertz CT molecular complexity index is 468. The van der Waals surface area contributed by atoms with E-state index in [-0.39, 0.29) is 16.7 Å². The Kier molecular flexibility index (Phi) is 5.90. The first-order valence-corrected chi connectivity index (χ1v) is 7.63. The highest BCUT2D eigenvalue weighted by atomic mass is 79.9. The van der Waals surface area contributed by atoms with Crippen LogP contribution in [0.1, 0.15) is 18.9 Å². The summed E-state index contributed by atoms with van der Waals surface area (Å²) < 4.78 is 12.6. The zero-order valence-corrected chi connectivity index (χ0v) is 12.4. The van der Waals surface area contributed by atoms with E-state index in [9.17, 15) is 14.3 Å². The van der Waals surface area contributed by atoms with Crippen LogP contribution < -0.4 is 5.73 Å². The summed E-state index contributed by atoms with van der Waals surface area (Å²) in [5, 5.41) is 10.9. The normalized spacial score (nSPS) is 14.2. The van der Waals surface area contributed by atoms with Crippen molar-refractivity contribution in [2.75, 3.05) is 6.54 Å². The standard InChI is InChI=1S/C11H15BrN2O3S/c1-8(4-5-13)18(17)7-9-2-3-10(12)6-11(9)14(15)16/h2-3,6,8H,4-5,7,13H2,1H3. The van der Waals surface area contributed by atoms with E-state index in [1.807, 2.05) is 6.92 Å². The van der Waals surface area contributed by atoms with Crippen molar-refractivity contribution in [3.63, 3.8) is 0 Å². The van der Waals surface area contributed by atoms with E-state index in [1.54, 1.807) is 12.1 Å². The summed E-state index contributed by atoms with van der Waals surface area (Å²) in [7, 11) is -1.15. The number of nitrogens with zero attached hydrogens (tertiary/aromatic N) is 1. The van der Waals surface area contributed by atoms with Gasteiger partial charge in [-0.1, -0.05) is 28.9 Å². The number of rotatable bonds is 6. The zero-order valence-electron chi connectivity index (χ0n) is 9.97. The molecule has 0 radical (unpaired) electrons.